The van der Waals surface area contributed by atoms with E-state index in [0.717, 1.165) is 6.26 Å². The molecule has 1 fully saturated rings. The van der Waals surface area contributed by atoms with E-state index in [2.05, 4.69) is 4.99 Å². The van der Waals surface area contributed by atoms with E-state index in [0.29, 0.717) is 31.9 Å². The lowest BCUT2D eigenvalue weighted by atomic mass is 10.2. The maximum atomic E-state index is 11.6. The maximum Gasteiger partial charge on any atom is 0.240 e. The summed E-state index contributed by atoms with van der Waals surface area (Å²) in [6.45, 7) is 3.87. The molecule has 1 aliphatic rings. The molecule has 0 radical (unpaired) electrons. The summed E-state index contributed by atoms with van der Waals surface area (Å²) in [4.78, 5) is 29.4. The summed E-state index contributed by atoms with van der Waals surface area (Å²) in [7, 11) is -3.37. The Morgan fingerprint density at radius 3 is 2.36 bits per heavy atom. The molecule has 1 heterocycles. The number of hydrogen-bond acceptors (Lipinski definition) is 6. The SMILES string of the molecule is CC(=O)N1CCN(c2ccc(S(C)(=O)=O)cc2N=C=O)CC1. The summed E-state index contributed by atoms with van der Waals surface area (Å²) in [5.41, 5.74) is 0.938. The molecule has 0 unspecified atom stereocenters. The van der Waals surface area contributed by atoms with E-state index < -0.39 is 9.84 Å². The molecule has 0 saturated carbocycles. The number of sulfone groups is 1. The Hall–Kier alpha value is -2.18. The van der Waals surface area contributed by atoms with Crippen LogP contribution in [-0.2, 0) is 19.4 Å². The molecule has 2 rings (SSSR count). The molecule has 8 heteroatoms. The molecule has 0 aliphatic carbocycles. The molecular formula is C14H17N3O4S. The lowest BCUT2D eigenvalue weighted by Gasteiger charge is -2.36. The van der Waals surface area contributed by atoms with Gasteiger partial charge < -0.3 is 9.80 Å². The molecule has 7 nitrogen and oxygen atoms in total. The van der Waals surface area contributed by atoms with Crippen molar-refractivity contribution in [1.82, 2.24) is 4.90 Å². The van der Waals surface area contributed by atoms with Crippen molar-refractivity contribution in [3.63, 3.8) is 0 Å². The fraction of sp³-hybridized carbons (Fsp3) is 0.429. The molecule has 22 heavy (non-hydrogen) atoms. The Balaban J connectivity index is 2.32. The van der Waals surface area contributed by atoms with Gasteiger partial charge in [0.1, 0.15) is 5.69 Å². The van der Waals surface area contributed by atoms with E-state index in [1.54, 1.807) is 11.0 Å². The highest BCUT2D eigenvalue weighted by Gasteiger charge is 2.21. The lowest BCUT2D eigenvalue weighted by Crippen LogP contribution is -2.48. The molecule has 1 amide bonds. The number of aliphatic imine (C=N–C) groups is 1. The molecule has 0 atom stereocenters. The summed E-state index contributed by atoms with van der Waals surface area (Å²) in [6, 6.07) is 4.49. The highest BCUT2D eigenvalue weighted by Crippen LogP contribution is 2.31. The Labute approximate surface area is 129 Å². The van der Waals surface area contributed by atoms with Gasteiger partial charge in [0.15, 0.2) is 9.84 Å². The Morgan fingerprint density at radius 1 is 1.23 bits per heavy atom. The van der Waals surface area contributed by atoms with Crippen molar-refractivity contribution >= 4 is 33.2 Å². The minimum Gasteiger partial charge on any atom is -0.366 e. The Kier molecular flexibility index (Phi) is 4.63. The number of rotatable bonds is 3. The van der Waals surface area contributed by atoms with Crippen LogP contribution in [0.2, 0.25) is 0 Å². The van der Waals surface area contributed by atoms with Crippen LogP contribution in [0.15, 0.2) is 28.1 Å². The second kappa shape index (κ2) is 6.29. The zero-order valence-electron chi connectivity index (χ0n) is 12.4. The molecule has 0 N–H and O–H groups in total. The van der Waals surface area contributed by atoms with Gasteiger partial charge in [0.2, 0.25) is 12.0 Å². The van der Waals surface area contributed by atoms with E-state index in [1.165, 1.54) is 25.1 Å². The smallest absolute Gasteiger partial charge is 0.240 e. The van der Waals surface area contributed by atoms with E-state index >= 15 is 0 Å². The van der Waals surface area contributed by atoms with Crippen molar-refractivity contribution < 1.29 is 18.0 Å². The molecular weight excluding hydrogens is 306 g/mol. The van der Waals surface area contributed by atoms with Crippen molar-refractivity contribution in [3.8, 4) is 0 Å². The summed E-state index contributed by atoms with van der Waals surface area (Å²) in [5, 5.41) is 0. The van der Waals surface area contributed by atoms with Crippen LogP contribution in [0.25, 0.3) is 0 Å². The van der Waals surface area contributed by atoms with Gasteiger partial charge in [0.05, 0.1) is 10.6 Å². The van der Waals surface area contributed by atoms with E-state index in [1.807, 2.05) is 4.90 Å². The second-order valence-corrected chi connectivity index (χ2v) is 7.13. The predicted octanol–water partition coefficient (Wildman–Crippen LogP) is 0.726. The van der Waals surface area contributed by atoms with Gasteiger partial charge in [-0.15, -0.1) is 0 Å². The molecule has 0 spiro atoms. The minimum absolute atomic E-state index is 0.0261. The van der Waals surface area contributed by atoms with Gasteiger partial charge in [-0.2, -0.15) is 4.99 Å². The molecule has 1 aliphatic heterocycles. The highest BCUT2D eigenvalue weighted by molar-refractivity contribution is 7.90. The topological polar surface area (TPSA) is 87.1 Å². The molecule has 1 aromatic carbocycles. The quantitative estimate of drug-likeness (QED) is 0.604. The van der Waals surface area contributed by atoms with Crippen LogP contribution in [0.3, 0.4) is 0 Å². The summed E-state index contributed by atoms with van der Waals surface area (Å²) in [5.74, 6) is 0.0261. The summed E-state index contributed by atoms with van der Waals surface area (Å²) >= 11 is 0. The molecule has 1 aromatic rings. The van der Waals surface area contributed by atoms with Crippen LogP contribution >= 0.6 is 0 Å². The Morgan fingerprint density at radius 2 is 1.86 bits per heavy atom. The monoisotopic (exact) mass is 323 g/mol. The standard InChI is InChI=1S/C14H17N3O4S/c1-11(19)16-5-7-17(8-6-16)14-4-3-12(22(2,20)21)9-13(14)15-10-18/h3-4,9H,5-8H2,1-2H3. The third-order valence-electron chi connectivity index (χ3n) is 3.61. The first-order valence-corrected chi connectivity index (χ1v) is 8.64. The number of carbonyl (C=O) groups is 1. The van der Waals surface area contributed by atoms with Gasteiger partial charge in [0.25, 0.3) is 0 Å². The van der Waals surface area contributed by atoms with Gasteiger partial charge in [-0.1, -0.05) is 0 Å². The van der Waals surface area contributed by atoms with Gasteiger partial charge >= 0.3 is 0 Å². The van der Waals surface area contributed by atoms with Gasteiger partial charge in [-0.3, -0.25) is 4.79 Å². The predicted molar refractivity (Wildman–Crippen MR) is 81.8 cm³/mol. The maximum absolute atomic E-state index is 11.6. The second-order valence-electron chi connectivity index (χ2n) is 5.12. The van der Waals surface area contributed by atoms with Crippen molar-refractivity contribution in [3.05, 3.63) is 18.2 Å². The van der Waals surface area contributed by atoms with E-state index in [9.17, 15) is 18.0 Å². The molecule has 1 saturated heterocycles. The number of isocyanates is 1. The average molecular weight is 323 g/mol. The van der Waals surface area contributed by atoms with Crippen molar-refractivity contribution in [2.24, 2.45) is 4.99 Å². The van der Waals surface area contributed by atoms with Crippen LogP contribution in [0, 0.1) is 0 Å². The number of benzene rings is 1. The number of amides is 1. The van der Waals surface area contributed by atoms with Crippen LogP contribution in [0.4, 0.5) is 11.4 Å². The van der Waals surface area contributed by atoms with E-state index in [-0.39, 0.29) is 16.5 Å². The highest BCUT2D eigenvalue weighted by atomic mass is 32.2. The summed E-state index contributed by atoms with van der Waals surface area (Å²) in [6.07, 6.45) is 2.56. The van der Waals surface area contributed by atoms with Crippen LogP contribution < -0.4 is 4.90 Å². The third kappa shape index (κ3) is 3.52. The first kappa shape index (κ1) is 16.2. The number of anilines is 1. The van der Waals surface area contributed by atoms with Crippen molar-refractivity contribution in [1.29, 1.82) is 0 Å². The van der Waals surface area contributed by atoms with E-state index in [4.69, 9.17) is 0 Å². The summed E-state index contributed by atoms with van der Waals surface area (Å²) < 4.78 is 23.2. The van der Waals surface area contributed by atoms with Crippen molar-refractivity contribution in [2.45, 2.75) is 11.8 Å². The normalized spacial score (nSPS) is 15.4. The minimum atomic E-state index is -3.37. The fourth-order valence-electron chi connectivity index (χ4n) is 2.40. The fourth-order valence-corrected chi connectivity index (χ4v) is 3.04. The van der Waals surface area contributed by atoms with Gasteiger partial charge in [0, 0.05) is 39.4 Å². The number of carbonyl (C=O) groups excluding carboxylic acids is 2. The van der Waals surface area contributed by atoms with Crippen molar-refractivity contribution in [2.75, 3.05) is 37.3 Å². The first-order valence-electron chi connectivity index (χ1n) is 6.75. The molecule has 0 aromatic heterocycles. The first-order chi connectivity index (χ1) is 10.3. The number of nitrogens with zero attached hydrogens (tertiary/aromatic N) is 3. The number of hydrogen-bond donors (Lipinski definition) is 0. The average Bonchev–Trinajstić information content (AvgIpc) is 2.47. The van der Waals surface area contributed by atoms with Gasteiger partial charge in [-0.05, 0) is 18.2 Å². The third-order valence-corrected chi connectivity index (χ3v) is 4.72. The van der Waals surface area contributed by atoms with Crippen LogP contribution in [0.5, 0.6) is 0 Å². The number of piperazine rings is 1. The lowest BCUT2D eigenvalue weighted by molar-refractivity contribution is -0.129. The van der Waals surface area contributed by atoms with Crippen LogP contribution in [0.1, 0.15) is 6.92 Å². The zero-order valence-corrected chi connectivity index (χ0v) is 13.3. The van der Waals surface area contributed by atoms with Gasteiger partial charge in [-0.25, -0.2) is 13.2 Å². The van der Waals surface area contributed by atoms with Crippen LogP contribution in [-0.4, -0.2) is 57.7 Å². The molecule has 118 valence electrons. The zero-order chi connectivity index (χ0) is 16.3. The molecule has 0 bridgehead atoms. The largest absolute Gasteiger partial charge is 0.366 e. The Bertz CT molecular complexity index is 730.